The number of para-hydroxylation sites is 1. The van der Waals surface area contributed by atoms with Gasteiger partial charge in [0.25, 0.3) is 5.95 Å². The van der Waals surface area contributed by atoms with Gasteiger partial charge in [-0.1, -0.05) is 24.3 Å². The van der Waals surface area contributed by atoms with Crippen LogP contribution >= 0.6 is 11.6 Å². The molecule has 0 N–H and O–H groups in total. The molecule has 2 aromatic heterocycles. The van der Waals surface area contributed by atoms with Gasteiger partial charge >= 0.3 is 0 Å². The minimum atomic E-state index is -0.297. The van der Waals surface area contributed by atoms with Gasteiger partial charge in [-0.3, -0.25) is 0 Å². The van der Waals surface area contributed by atoms with E-state index < -0.39 is 0 Å². The number of hydrogen-bond acceptors (Lipinski definition) is 4. The van der Waals surface area contributed by atoms with E-state index in [0.29, 0.717) is 11.6 Å². The van der Waals surface area contributed by atoms with Crippen molar-refractivity contribution in [2.45, 2.75) is 0 Å². The molecule has 0 bridgehead atoms. The summed E-state index contributed by atoms with van der Waals surface area (Å²) in [5.74, 6) is 0.0152. The lowest BCUT2D eigenvalue weighted by molar-refractivity contribution is 0.628. The normalized spacial score (nSPS) is 11.7. The number of rotatable bonds is 2. The first-order valence-electron chi connectivity index (χ1n) is 6.81. The van der Waals surface area contributed by atoms with Gasteiger partial charge < -0.3 is 0 Å². The summed E-state index contributed by atoms with van der Waals surface area (Å²) in [6.07, 6.45) is 1.57. The summed E-state index contributed by atoms with van der Waals surface area (Å²) in [6, 6.07) is 13.5. The summed E-state index contributed by atoms with van der Waals surface area (Å²) in [4.78, 5) is 8.61. The van der Waals surface area contributed by atoms with Crippen LogP contribution in [-0.4, -0.2) is 25.8 Å². The Morgan fingerprint density at radius 3 is 2.65 bits per heavy atom. The minimum absolute atomic E-state index is 0.231. The maximum absolute atomic E-state index is 12.9. The van der Waals surface area contributed by atoms with Gasteiger partial charge in [0.15, 0.2) is 5.65 Å². The van der Waals surface area contributed by atoms with Crippen LogP contribution in [0.1, 0.15) is 5.56 Å². The molecule has 0 spiro atoms. The Bertz CT molecular complexity index is 1040. The highest BCUT2D eigenvalue weighted by atomic mass is 35.5. The van der Waals surface area contributed by atoms with E-state index in [-0.39, 0.29) is 11.1 Å². The van der Waals surface area contributed by atoms with E-state index in [1.807, 2.05) is 24.3 Å². The molecule has 0 saturated carbocycles. The number of hydrogen-bond donors (Lipinski definition) is 0. The first-order chi connectivity index (χ1) is 11.2. The maximum atomic E-state index is 12.9. The van der Waals surface area contributed by atoms with Crippen molar-refractivity contribution < 1.29 is 4.39 Å². The van der Waals surface area contributed by atoms with E-state index in [0.717, 1.165) is 16.5 Å². The fourth-order valence-electron chi connectivity index (χ4n) is 2.29. The number of aliphatic imine (C=N–C) groups is 1. The molecule has 0 unspecified atom stereocenters. The van der Waals surface area contributed by atoms with Crippen LogP contribution in [0.5, 0.6) is 0 Å². The van der Waals surface area contributed by atoms with Gasteiger partial charge in [0.2, 0.25) is 5.28 Å². The second-order valence-corrected chi connectivity index (χ2v) is 5.20. The summed E-state index contributed by atoms with van der Waals surface area (Å²) in [7, 11) is 0. The van der Waals surface area contributed by atoms with E-state index in [2.05, 4.69) is 20.2 Å². The van der Waals surface area contributed by atoms with Gasteiger partial charge in [0.05, 0.1) is 5.52 Å². The van der Waals surface area contributed by atoms with Gasteiger partial charge in [-0.15, -0.1) is 10.2 Å². The van der Waals surface area contributed by atoms with Gasteiger partial charge in [0.1, 0.15) is 5.82 Å². The zero-order valence-corrected chi connectivity index (χ0v) is 12.4. The van der Waals surface area contributed by atoms with Crippen molar-refractivity contribution in [2.75, 3.05) is 0 Å². The molecule has 0 radical (unpaired) electrons. The molecular formula is C16H9ClFN5. The first kappa shape index (κ1) is 13.8. The van der Waals surface area contributed by atoms with Crippen LogP contribution in [0.3, 0.4) is 0 Å². The third-order valence-electron chi connectivity index (χ3n) is 3.39. The third-order valence-corrected chi connectivity index (χ3v) is 3.64. The number of nitrogens with zero attached hydrogens (tertiary/aromatic N) is 5. The fraction of sp³-hybridized carbons (Fsp3) is 0. The summed E-state index contributed by atoms with van der Waals surface area (Å²) >= 11 is 6.23. The van der Waals surface area contributed by atoms with Gasteiger partial charge in [0, 0.05) is 11.6 Å². The van der Waals surface area contributed by atoms with Crippen LogP contribution in [0, 0.1) is 5.82 Å². The molecule has 2 aromatic carbocycles. The van der Waals surface area contributed by atoms with Crippen LogP contribution in [0.4, 0.5) is 10.3 Å². The molecule has 0 aliphatic carbocycles. The average molecular weight is 326 g/mol. The van der Waals surface area contributed by atoms with Crippen molar-refractivity contribution in [3.05, 3.63) is 65.2 Å². The standard InChI is InChI=1S/C16H9ClFN5/c17-15-20-13-4-2-1-3-12(13)14-21-22-16(23(14)15)19-9-10-5-7-11(18)8-6-10/h1-9H/b19-9+. The van der Waals surface area contributed by atoms with Crippen molar-refractivity contribution in [3.63, 3.8) is 0 Å². The first-order valence-corrected chi connectivity index (χ1v) is 7.19. The Balaban J connectivity index is 1.85. The predicted octanol–water partition coefficient (Wildman–Crippen LogP) is 3.82. The Labute approximate surface area is 135 Å². The van der Waals surface area contributed by atoms with Crippen molar-refractivity contribution in [2.24, 2.45) is 4.99 Å². The van der Waals surface area contributed by atoms with Crippen molar-refractivity contribution in [1.82, 2.24) is 19.6 Å². The smallest absolute Gasteiger partial charge is 0.232 e. The quantitative estimate of drug-likeness (QED) is 0.416. The highest BCUT2D eigenvalue weighted by Gasteiger charge is 2.12. The molecular weight excluding hydrogens is 317 g/mol. The summed E-state index contributed by atoms with van der Waals surface area (Å²) in [5.41, 5.74) is 2.08. The van der Waals surface area contributed by atoms with Crippen LogP contribution in [-0.2, 0) is 0 Å². The summed E-state index contributed by atoms with van der Waals surface area (Å²) < 4.78 is 14.5. The second kappa shape index (κ2) is 5.40. The summed E-state index contributed by atoms with van der Waals surface area (Å²) in [6.45, 7) is 0. The van der Waals surface area contributed by atoms with Gasteiger partial charge in [-0.05, 0) is 41.4 Å². The molecule has 0 saturated heterocycles. The molecule has 0 fully saturated rings. The highest BCUT2D eigenvalue weighted by Crippen LogP contribution is 2.24. The lowest BCUT2D eigenvalue weighted by Crippen LogP contribution is -1.93. The monoisotopic (exact) mass is 325 g/mol. The maximum Gasteiger partial charge on any atom is 0.257 e. The van der Waals surface area contributed by atoms with Crippen LogP contribution in [0.2, 0.25) is 5.28 Å². The number of halogens is 2. The molecule has 2 heterocycles. The Kier molecular flexibility index (Phi) is 3.24. The number of fused-ring (bicyclic) bond motifs is 3. The van der Waals surface area contributed by atoms with Crippen molar-refractivity contribution >= 4 is 40.3 Å². The number of aromatic nitrogens is 4. The molecule has 5 nitrogen and oxygen atoms in total. The minimum Gasteiger partial charge on any atom is -0.232 e. The van der Waals surface area contributed by atoms with Crippen molar-refractivity contribution in [1.29, 1.82) is 0 Å². The highest BCUT2D eigenvalue weighted by molar-refractivity contribution is 6.29. The lowest BCUT2D eigenvalue weighted by Gasteiger charge is -2.02. The number of benzene rings is 2. The average Bonchev–Trinajstić information content (AvgIpc) is 2.99. The molecule has 4 aromatic rings. The Hall–Kier alpha value is -2.86. The Morgan fingerprint density at radius 2 is 1.83 bits per heavy atom. The Morgan fingerprint density at radius 1 is 1.04 bits per heavy atom. The lowest BCUT2D eigenvalue weighted by atomic mass is 10.2. The SMILES string of the molecule is Fc1ccc(/C=N/c2nnc3c4ccccc4nc(Cl)n23)cc1. The zero-order valence-electron chi connectivity index (χ0n) is 11.7. The molecule has 0 amide bonds. The fourth-order valence-corrected chi connectivity index (χ4v) is 2.54. The van der Waals surface area contributed by atoms with Crippen LogP contribution in [0.25, 0.3) is 16.6 Å². The molecule has 0 aliphatic heterocycles. The molecule has 112 valence electrons. The van der Waals surface area contributed by atoms with Crippen LogP contribution < -0.4 is 0 Å². The van der Waals surface area contributed by atoms with Crippen LogP contribution in [0.15, 0.2) is 53.5 Å². The zero-order chi connectivity index (χ0) is 15.8. The molecule has 0 aliphatic rings. The van der Waals surface area contributed by atoms with Gasteiger partial charge in [-0.25, -0.2) is 18.8 Å². The predicted molar refractivity (Wildman–Crippen MR) is 87.0 cm³/mol. The third kappa shape index (κ3) is 2.43. The van der Waals surface area contributed by atoms with E-state index >= 15 is 0 Å². The molecule has 23 heavy (non-hydrogen) atoms. The van der Waals surface area contributed by atoms with Crippen molar-refractivity contribution in [3.8, 4) is 0 Å². The van der Waals surface area contributed by atoms with E-state index in [9.17, 15) is 4.39 Å². The van der Waals surface area contributed by atoms with E-state index in [4.69, 9.17) is 11.6 Å². The van der Waals surface area contributed by atoms with E-state index in [1.54, 1.807) is 22.7 Å². The molecule has 0 atom stereocenters. The van der Waals surface area contributed by atoms with E-state index in [1.165, 1.54) is 12.1 Å². The molecule has 4 rings (SSSR count). The largest absolute Gasteiger partial charge is 0.257 e. The topological polar surface area (TPSA) is 55.4 Å². The summed E-state index contributed by atoms with van der Waals surface area (Å²) in [5, 5.41) is 9.28. The second-order valence-electron chi connectivity index (χ2n) is 4.87. The molecule has 7 heteroatoms. The van der Waals surface area contributed by atoms with Gasteiger partial charge in [-0.2, -0.15) is 0 Å².